The van der Waals surface area contributed by atoms with Crippen molar-refractivity contribution in [3.05, 3.63) is 29.6 Å². The molecule has 8 heteroatoms. The van der Waals surface area contributed by atoms with Gasteiger partial charge in [0, 0.05) is 45.8 Å². The Labute approximate surface area is 203 Å². The second-order valence-corrected chi connectivity index (χ2v) is 9.25. The van der Waals surface area contributed by atoms with E-state index in [0.29, 0.717) is 31.4 Å². The third-order valence-corrected chi connectivity index (χ3v) is 5.88. The van der Waals surface area contributed by atoms with Crippen molar-refractivity contribution >= 4 is 35.6 Å². The number of halogens is 2. The summed E-state index contributed by atoms with van der Waals surface area (Å²) in [5, 5.41) is 6.74. The standard InChI is InChI=1S/C23H37FN4O2.HI/c1-23(2,3)21-18(6-5-11-30-21)16-27-22(25-4)26-15-17-7-8-20(19(24)14-17)28-9-12-29-13-10-28;/h7-8,14,18,21H,5-6,9-13,15-16H2,1-4H3,(H2,25,26,27);1H. The zero-order chi connectivity index (χ0) is 21.6. The molecule has 2 atom stereocenters. The quantitative estimate of drug-likeness (QED) is 0.333. The molecule has 6 nitrogen and oxygen atoms in total. The smallest absolute Gasteiger partial charge is 0.191 e. The first-order valence-corrected chi connectivity index (χ1v) is 11.1. The second kappa shape index (κ2) is 12.2. The number of ether oxygens (including phenoxy) is 2. The number of anilines is 1. The van der Waals surface area contributed by atoms with Gasteiger partial charge in [0.05, 0.1) is 25.0 Å². The topological polar surface area (TPSA) is 58.1 Å². The number of morpholine rings is 1. The van der Waals surface area contributed by atoms with Crippen LogP contribution in [0.3, 0.4) is 0 Å². The molecule has 1 aromatic carbocycles. The Morgan fingerprint density at radius 3 is 2.58 bits per heavy atom. The van der Waals surface area contributed by atoms with E-state index < -0.39 is 0 Å². The summed E-state index contributed by atoms with van der Waals surface area (Å²) < 4.78 is 26.0. The zero-order valence-corrected chi connectivity index (χ0v) is 21.6. The lowest BCUT2D eigenvalue weighted by atomic mass is 9.78. The van der Waals surface area contributed by atoms with Crippen LogP contribution in [0.4, 0.5) is 10.1 Å². The number of hydrogen-bond donors (Lipinski definition) is 2. The number of guanidine groups is 1. The molecule has 0 amide bonds. The van der Waals surface area contributed by atoms with E-state index in [1.165, 1.54) is 0 Å². The molecule has 2 N–H and O–H groups in total. The van der Waals surface area contributed by atoms with Gasteiger partial charge >= 0.3 is 0 Å². The SMILES string of the molecule is CN=C(NCc1ccc(N2CCOCC2)c(F)c1)NCC1CCCOC1C(C)(C)C.I. The van der Waals surface area contributed by atoms with Gasteiger partial charge in [0.1, 0.15) is 5.82 Å². The molecule has 0 aromatic heterocycles. The van der Waals surface area contributed by atoms with Gasteiger partial charge in [-0.1, -0.05) is 26.8 Å². The van der Waals surface area contributed by atoms with E-state index in [1.807, 2.05) is 17.0 Å². The van der Waals surface area contributed by atoms with Crippen LogP contribution in [0.25, 0.3) is 0 Å². The summed E-state index contributed by atoms with van der Waals surface area (Å²) in [6, 6.07) is 5.44. The molecule has 1 aromatic rings. The zero-order valence-electron chi connectivity index (χ0n) is 19.2. The number of nitrogens with one attached hydrogen (secondary N) is 2. The predicted molar refractivity (Wildman–Crippen MR) is 135 cm³/mol. The van der Waals surface area contributed by atoms with E-state index in [9.17, 15) is 4.39 Å². The Bertz CT molecular complexity index is 720. The summed E-state index contributed by atoms with van der Waals surface area (Å²) >= 11 is 0. The third-order valence-electron chi connectivity index (χ3n) is 5.88. The number of benzene rings is 1. The van der Waals surface area contributed by atoms with Gasteiger partial charge in [0.15, 0.2) is 5.96 Å². The van der Waals surface area contributed by atoms with Crippen molar-refractivity contribution in [2.75, 3.05) is 51.4 Å². The molecule has 3 rings (SSSR count). The molecule has 0 saturated carbocycles. The van der Waals surface area contributed by atoms with Crippen LogP contribution >= 0.6 is 24.0 Å². The van der Waals surface area contributed by atoms with Crippen molar-refractivity contribution in [1.29, 1.82) is 0 Å². The molecule has 176 valence electrons. The molecule has 2 saturated heterocycles. The lowest BCUT2D eigenvalue weighted by Crippen LogP contribution is -2.47. The van der Waals surface area contributed by atoms with Crippen LogP contribution in [0.1, 0.15) is 39.2 Å². The molecule has 2 aliphatic rings. The van der Waals surface area contributed by atoms with Gasteiger partial charge in [-0.3, -0.25) is 4.99 Å². The maximum absolute atomic E-state index is 14.6. The molecule has 0 aliphatic carbocycles. The number of nitrogens with zero attached hydrogens (tertiary/aromatic N) is 2. The van der Waals surface area contributed by atoms with Crippen LogP contribution in [-0.4, -0.2) is 58.6 Å². The summed E-state index contributed by atoms with van der Waals surface area (Å²) in [6.45, 7) is 11.6. The minimum Gasteiger partial charge on any atom is -0.378 e. The highest BCUT2D eigenvalue weighted by Crippen LogP contribution is 2.33. The van der Waals surface area contributed by atoms with Crippen LogP contribution in [0.2, 0.25) is 0 Å². The highest BCUT2D eigenvalue weighted by atomic mass is 127. The molecule has 2 fully saturated rings. The van der Waals surface area contributed by atoms with Crippen molar-refractivity contribution in [2.24, 2.45) is 16.3 Å². The van der Waals surface area contributed by atoms with Gasteiger partial charge in [0.2, 0.25) is 0 Å². The Morgan fingerprint density at radius 1 is 1.19 bits per heavy atom. The lowest BCUT2D eigenvalue weighted by Gasteiger charge is -2.40. The van der Waals surface area contributed by atoms with Crippen LogP contribution < -0.4 is 15.5 Å². The molecule has 0 spiro atoms. The molecule has 2 aliphatic heterocycles. The highest BCUT2D eigenvalue weighted by Gasteiger charge is 2.35. The van der Waals surface area contributed by atoms with Crippen molar-refractivity contribution < 1.29 is 13.9 Å². The molecule has 2 unspecified atom stereocenters. The molecule has 31 heavy (non-hydrogen) atoms. The second-order valence-electron chi connectivity index (χ2n) is 9.25. The van der Waals surface area contributed by atoms with E-state index in [4.69, 9.17) is 9.47 Å². The van der Waals surface area contributed by atoms with Crippen molar-refractivity contribution in [2.45, 2.75) is 46.3 Å². The van der Waals surface area contributed by atoms with E-state index >= 15 is 0 Å². The van der Waals surface area contributed by atoms with Crippen LogP contribution in [-0.2, 0) is 16.0 Å². The van der Waals surface area contributed by atoms with Gasteiger partial charge in [-0.25, -0.2) is 4.39 Å². The van der Waals surface area contributed by atoms with E-state index in [-0.39, 0.29) is 41.3 Å². The Morgan fingerprint density at radius 2 is 1.94 bits per heavy atom. The average molecular weight is 548 g/mol. The van der Waals surface area contributed by atoms with Crippen LogP contribution in [0, 0.1) is 17.2 Å². The lowest BCUT2D eigenvalue weighted by molar-refractivity contribution is -0.0835. The summed E-state index contributed by atoms with van der Waals surface area (Å²) in [5.74, 6) is 0.986. The van der Waals surface area contributed by atoms with Gasteiger partial charge in [-0.15, -0.1) is 24.0 Å². The van der Waals surface area contributed by atoms with Gasteiger partial charge < -0.3 is 25.0 Å². The number of aliphatic imine (C=N–C) groups is 1. The van der Waals surface area contributed by atoms with E-state index in [0.717, 1.165) is 50.6 Å². The Kier molecular flexibility index (Phi) is 10.3. The van der Waals surface area contributed by atoms with Crippen LogP contribution in [0.15, 0.2) is 23.2 Å². The minimum absolute atomic E-state index is 0. The minimum atomic E-state index is -0.188. The fourth-order valence-corrected chi connectivity index (χ4v) is 4.36. The first-order chi connectivity index (χ1) is 14.4. The summed E-state index contributed by atoms with van der Waals surface area (Å²) in [7, 11) is 1.76. The summed E-state index contributed by atoms with van der Waals surface area (Å²) in [6.07, 6.45) is 2.48. The molecular weight excluding hydrogens is 510 g/mol. The average Bonchev–Trinajstić information content (AvgIpc) is 2.74. The van der Waals surface area contributed by atoms with Crippen molar-refractivity contribution in [1.82, 2.24) is 10.6 Å². The first kappa shape index (κ1) is 26.1. The summed E-state index contributed by atoms with van der Waals surface area (Å²) in [4.78, 5) is 6.36. The van der Waals surface area contributed by atoms with Crippen LogP contribution in [0.5, 0.6) is 0 Å². The van der Waals surface area contributed by atoms with Gasteiger partial charge in [-0.2, -0.15) is 0 Å². The van der Waals surface area contributed by atoms with E-state index in [2.05, 4.69) is 36.4 Å². The largest absolute Gasteiger partial charge is 0.378 e. The predicted octanol–water partition coefficient (Wildman–Crippen LogP) is 3.79. The third kappa shape index (κ3) is 7.46. The molecule has 2 heterocycles. The summed E-state index contributed by atoms with van der Waals surface area (Å²) in [5.41, 5.74) is 1.65. The van der Waals surface area contributed by atoms with Gasteiger partial charge in [-0.05, 0) is 36.0 Å². The monoisotopic (exact) mass is 548 g/mol. The number of hydrogen-bond acceptors (Lipinski definition) is 4. The van der Waals surface area contributed by atoms with Crippen molar-refractivity contribution in [3.8, 4) is 0 Å². The highest BCUT2D eigenvalue weighted by molar-refractivity contribution is 14.0. The Hall–Kier alpha value is -1.13. The fraction of sp³-hybridized carbons (Fsp3) is 0.696. The van der Waals surface area contributed by atoms with Gasteiger partial charge in [0.25, 0.3) is 0 Å². The fourth-order valence-electron chi connectivity index (χ4n) is 4.36. The Balaban J connectivity index is 0.00000341. The molecule has 0 radical (unpaired) electrons. The normalized spacial score (nSPS) is 22.6. The molecule has 0 bridgehead atoms. The van der Waals surface area contributed by atoms with E-state index in [1.54, 1.807) is 13.1 Å². The first-order valence-electron chi connectivity index (χ1n) is 11.1. The van der Waals surface area contributed by atoms with Crippen molar-refractivity contribution in [3.63, 3.8) is 0 Å². The number of rotatable bonds is 5. The molecular formula is C23H38FIN4O2. The maximum Gasteiger partial charge on any atom is 0.191 e. The maximum atomic E-state index is 14.6.